The topological polar surface area (TPSA) is 115 Å². The number of rotatable bonds is 10. The third kappa shape index (κ3) is 5.57. The standard InChI is InChI=1S/C22H26N4O5S/c1-4-26(5-2)32(28,29)19-11-8-17(9-12-19)10-13-20(27)30-16(3)22-24-21(25-31-22)18-7-6-14-23-15-18/h6-9,11-12,14-16H,4-5,10,13H2,1-3H3. The summed E-state index contributed by atoms with van der Waals surface area (Å²) < 4.78 is 37.1. The van der Waals surface area contributed by atoms with Gasteiger partial charge in [-0.15, -0.1) is 0 Å². The van der Waals surface area contributed by atoms with Crippen molar-refractivity contribution in [1.82, 2.24) is 19.4 Å². The molecule has 0 aliphatic carbocycles. The van der Waals surface area contributed by atoms with Crippen LogP contribution in [0.1, 0.15) is 44.8 Å². The summed E-state index contributed by atoms with van der Waals surface area (Å²) in [5, 5.41) is 3.89. The molecule has 1 aromatic carbocycles. The average Bonchev–Trinajstić information content (AvgIpc) is 3.30. The molecular formula is C22H26N4O5S. The Labute approximate surface area is 187 Å². The van der Waals surface area contributed by atoms with Crippen LogP contribution in [0, 0.1) is 0 Å². The van der Waals surface area contributed by atoms with Gasteiger partial charge in [0.2, 0.25) is 15.8 Å². The van der Waals surface area contributed by atoms with Crippen LogP contribution in [0.3, 0.4) is 0 Å². The van der Waals surface area contributed by atoms with Gasteiger partial charge in [-0.2, -0.15) is 9.29 Å². The van der Waals surface area contributed by atoms with E-state index >= 15 is 0 Å². The van der Waals surface area contributed by atoms with Gasteiger partial charge in [-0.3, -0.25) is 9.78 Å². The van der Waals surface area contributed by atoms with Gasteiger partial charge >= 0.3 is 5.97 Å². The fourth-order valence-corrected chi connectivity index (χ4v) is 4.56. The van der Waals surface area contributed by atoms with E-state index in [1.165, 1.54) is 4.31 Å². The molecule has 0 amide bonds. The molecule has 170 valence electrons. The second kappa shape index (κ2) is 10.5. The SMILES string of the molecule is CCN(CC)S(=O)(=O)c1ccc(CCC(=O)OC(C)c2nc(-c3cccnc3)no2)cc1. The number of pyridine rings is 1. The van der Waals surface area contributed by atoms with Crippen LogP contribution in [-0.4, -0.2) is 46.9 Å². The number of benzene rings is 1. The Kier molecular flexibility index (Phi) is 7.70. The van der Waals surface area contributed by atoms with Gasteiger partial charge in [-0.25, -0.2) is 8.42 Å². The lowest BCUT2D eigenvalue weighted by Crippen LogP contribution is -2.30. The quantitative estimate of drug-likeness (QED) is 0.425. The Hall–Kier alpha value is -3.11. The number of hydrogen-bond donors (Lipinski definition) is 0. The Bertz CT molecular complexity index is 1130. The highest BCUT2D eigenvalue weighted by Gasteiger charge is 2.22. The molecule has 1 atom stereocenters. The molecule has 2 aromatic heterocycles. The lowest BCUT2D eigenvalue weighted by molar-refractivity contribution is -0.149. The van der Waals surface area contributed by atoms with Crippen LogP contribution in [0.5, 0.6) is 0 Å². The van der Waals surface area contributed by atoms with Crippen molar-refractivity contribution in [3.8, 4) is 11.4 Å². The lowest BCUT2D eigenvalue weighted by Gasteiger charge is -2.18. The number of carbonyl (C=O) groups excluding carboxylic acids is 1. The minimum Gasteiger partial charge on any atom is -0.453 e. The van der Waals surface area contributed by atoms with Gasteiger partial charge in [0, 0.05) is 37.5 Å². The van der Waals surface area contributed by atoms with E-state index in [1.54, 1.807) is 69.6 Å². The monoisotopic (exact) mass is 458 g/mol. The van der Waals surface area contributed by atoms with Gasteiger partial charge < -0.3 is 9.26 Å². The van der Waals surface area contributed by atoms with Crippen molar-refractivity contribution in [3.05, 3.63) is 60.2 Å². The fourth-order valence-electron chi connectivity index (χ4n) is 3.11. The number of carbonyl (C=O) groups is 1. The van der Waals surface area contributed by atoms with Gasteiger partial charge in [-0.1, -0.05) is 31.1 Å². The summed E-state index contributed by atoms with van der Waals surface area (Å²) in [6.07, 6.45) is 3.12. The Morgan fingerprint density at radius 1 is 1.16 bits per heavy atom. The van der Waals surface area contributed by atoms with E-state index in [9.17, 15) is 13.2 Å². The van der Waals surface area contributed by atoms with Crippen molar-refractivity contribution >= 4 is 16.0 Å². The van der Waals surface area contributed by atoms with E-state index in [0.29, 0.717) is 30.9 Å². The van der Waals surface area contributed by atoms with E-state index in [1.807, 2.05) is 0 Å². The van der Waals surface area contributed by atoms with E-state index in [4.69, 9.17) is 9.26 Å². The zero-order valence-electron chi connectivity index (χ0n) is 18.3. The van der Waals surface area contributed by atoms with Crippen LogP contribution in [0.2, 0.25) is 0 Å². The number of nitrogens with zero attached hydrogens (tertiary/aromatic N) is 4. The second-order valence-electron chi connectivity index (χ2n) is 7.06. The van der Waals surface area contributed by atoms with Crippen LogP contribution in [0.15, 0.2) is 58.2 Å². The second-order valence-corrected chi connectivity index (χ2v) is 9.00. The van der Waals surface area contributed by atoms with Gasteiger partial charge in [0.05, 0.1) is 4.90 Å². The van der Waals surface area contributed by atoms with Crippen LogP contribution < -0.4 is 0 Å². The molecule has 0 spiro atoms. The first kappa shape index (κ1) is 23.6. The summed E-state index contributed by atoms with van der Waals surface area (Å²) in [5.74, 6) is 0.150. The molecule has 0 radical (unpaired) electrons. The number of aromatic nitrogens is 3. The summed E-state index contributed by atoms with van der Waals surface area (Å²) in [4.78, 5) is 20.8. The van der Waals surface area contributed by atoms with Gasteiger partial charge in [-0.05, 0) is 43.2 Å². The van der Waals surface area contributed by atoms with E-state index in [2.05, 4.69) is 15.1 Å². The van der Waals surface area contributed by atoms with Crippen molar-refractivity contribution in [2.75, 3.05) is 13.1 Å². The van der Waals surface area contributed by atoms with Crippen molar-refractivity contribution in [3.63, 3.8) is 0 Å². The molecule has 3 aromatic rings. The summed E-state index contributed by atoms with van der Waals surface area (Å²) in [5.41, 5.74) is 1.54. The molecular weight excluding hydrogens is 432 g/mol. The predicted octanol–water partition coefficient (Wildman–Crippen LogP) is 3.40. The first-order valence-corrected chi connectivity index (χ1v) is 11.8. The molecule has 0 saturated carbocycles. The van der Waals surface area contributed by atoms with Crippen LogP contribution in [-0.2, 0) is 26.0 Å². The normalized spacial score (nSPS) is 12.6. The summed E-state index contributed by atoms with van der Waals surface area (Å²) >= 11 is 0. The third-order valence-electron chi connectivity index (χ3n) is 4.90. The number of sulfonamides is 1. The Morgan fingerprint density at radius 2 is 1.88 bits per heavy atom. The molecule has 0 fully saturated rings. The van der Waals surface area contributed by atoms with E-state index in [-0.39, 0.29) is 17.2 Å². The molecule has 32 heavy (non-hydrogen) atoms. The molecule has 9 nitrogen and oxygen atoms in total. The van der Waals surface area contributed by atoms with Crippen molar-refractivity contribution < 1.29 is 22.5 Å². The van der Waals surface area contributed by atoms with Crippen LogP contribution in [0.4, 0.5) is 0 Å². The van der Waals surface area contributed by atoms with E-state index in [0.717, 1.165) is 5.56 Å². The minimum atomic E-state index is -3.50. The fraction of sp³-hybridized carbons (Fsp3) is 0.364. The maximum absolute atomic E-state index is 12.5. The molecule has 0 bridgehead atoms. The van der Waals surface area contributed by atoms with E-state index < -0.39 is 22.1 Å². The van der Waals surface area contributed by atoms with Crippen LogP contribution in [0.25, 0.3) is 11.4 Å². The number of hydrogen-bond acceptors (Lipinski definition) is 8. The zero-order valence-corrected chi connectivity index (χ0v) is 19.1. The molecule has 1 unspecified atom stereocenters. The summed E-state index contributed by atoms with van der Waals surface area (Å²) in [6, 6.07) is 10.1. The maximum atomic E-state index is 12.5. The number of esters is 1. The highest BCUT2D eigenvalue weighted by Crippen LogP contribution is 2.21. The molecule has 0 aliphatic rings. The zero-order chi connectivity index (χ0) is 23.1. The molecule has 0 saturated heterocycles. The molecule has 0 aliphatic heterocycles. The lowest BCUT2D eigenvalue weighted by atomic mass is 10.1. The Morgan fingerprint density at radius 3 is 2.50 bits per heavy atom. The van der Waals surface area contributed by atoms with Gasteiger partial charge in [0.15, 0.2) is 6.10 Å². The van der Waals surface area contributed by atoms with Gasteiger partial charge in [0.25, 0.3) is 5.89 Å². The summed E-state index contributed by atoms with van der Waals surface area (Å²) in [7, 11) is -3.50. The maximum Gasteiger partial charge on any atom is 0.306 e. The first-order valence-electron chi connectivity index (χ1n) is 10.4. The third-order valence-corrected chi connectivity index (χ3v) is 6.97. The highest BCUT2D eigenvalue weighted by molar-refractivity contribution is 7.89. The molecule has 10 heteroatoms. The van der Waals surface area contributed by atoms with Crippen molar-refractivity contribution in [2.24, 2.45) is 0 Å². The van der Waals surface area contributed by atoms with Crippen molar-refractivity contribution in [1.29, 1.82) is 0 Å². The van der Waals surface area contributed by atoms with Crippen LogP contribution >= 0.6 is 0 Å². The first-order chi connectivity index (χ1) is 15.3. The molecule has 2 heterocycles. The number of aryl methyl sites for hydroxylation is 1. The highest BCUT2D eigenvalue weighted by atomic mass is 32.2. The molecule has 0 N–H and O–H groups in total. The predicted molar refractivity (Wildman–Crippen MR) is 117 cm³/mol. The van der Waals surface area contributed by atoms with Gasteiger partial charge in [0.1, 0.15) is 0 Å². The Balaban J connectivity index is 1.54. The number of ether oxygens (including phenoxy) is 1. The average molecular weight is 459 g/mol. The minimum absolute atomic E-state index is 0.135. The van der Waals surface area contributed by atoms with Crippen molar-refractivity contribution in [2.45, 2.75) is 44.6 Å². The largest absolute Gasteiger partial charge is 0.453 e. The smallest absolute Gasteiger partial charge is 0.306 e. The summed E-state index contributed by atoms with van der Waals surface area (Å²) in [6.45, 7) is 6.08. The molecule has 3 rings (SSSR count).